The summed E-state index contributed by atoms with van der Waals surface area (Å²) in [6.45, 7) is 1.80. The predicted octanol–water partition coefficient (Wildman–Crippen LogP) is 1.29. The Hall–Kier alpha value is -2.01. The zero-order chi connectivity index (χ0) is 12.4. The van der Waals surface area contributed by atoms with Crippen molar-refractivity contribution in [1.82, 2.24) is 20.3 Å². The molecule has 0 aliphatic carbocycles. The van der Waals surface area contributed by atoms with E-state index in [1.165, 1.54) is 5.56 Å². The van der Waals surface area contributed by atoms with Crippen LogP contribution in [-0.4, -0.2) is 28.5 Å². The van der Waals surface area contributed by atoms with E-state index in [1.807, 2.05) is 30.1 Å². The molecular weight excluding hydrogens is 226 g/mol. The first-order chi connectivity index (χ1) is 8.86. The summed E-state index contributed by atoms with van der Waals surface area (Å²) >= 11 is 0. The number of hydrogen-bond donors (Lipinski definition) is 1. The molecule has 92 valence electrons. The van der Waals surface area contributed by atoms with Gasteiger partial charge >= 0.3 is 0 Å². The third-order valence-corrected chi connectivity index (χ3v) is 3.16. The van der Waals surface area contributed by atoms with Gasteiger partial charge in [0.15, 0.2) is 0 Å². The fourth-order valence-electron chi connectivity index (χ4n) is 2.20. The van der Waals surface area contributed by atoms with Gasteiger partial charge < -0.3 is 10.2 Å². The van der Waals surface area contributed by atoms with Crippen molar-refractivity contribution in [2.24, 2.45) is 0 Å². The number of hydrogen-bond acceptors (Lipinski definition) is 5. The second-order valence-corrected chi connectivity index (χ2v) is 4.30. The Bertz CT molecular complexity index is 540. The molecule has 0 bridgehead atoms. The average Bonchev–Trinajstić information content (AvgIpc) is 2.47. The highest BCUT2D eigenvalue weighted by atomic mass is 15.2. The number of anilines is 2. The van der Waals surface area contributed by atoms with Gasteiger partial charge in [0.05, 0.1) is 5.69 Å². The minimum absolute atomic E-state index is 0.822. The van der Waals surface area contributed by atoms with Crippen LogP contribution < -0.4 is 10.2 Å². The SMILES string of the molecule is CN(c1ccccn1)c1ncnc2c1CNCC2. The first-order valence-electron chi connectivity index (χ1n) is 6.04. The average molecular weight is 241 g/mol. The lowest BCUT2D eigenvalue weighted by Gasteiger charge is -2.24. The van der Waals surface area contributed by atoms with E-state index in [2.05, 4.69) is 20.3 Å². The zero-order valence-corrected chi connectivity index (χ0v) is 10.3. The summed E-state index contributed by atoms with van der Waals surface area (Å²) in [5, 5.41) is 3.36. The normalized spacial score (nSPS) is 14.1. The lowest BCUT2D eigenvalue weighted by molar-refractivity contribution is 0.625. The molecule has 0 fully saturated rings. The van der Waals surface area contributed by atoms with Crippen molar-refractivity contribution < 1.29 is 0 Å². The lowest BCUT2D eigenvalue weighted by atomic mass is 10.1. The minimum Gasteiger partial charge on any atom is -0.314 e. The van der Waals surface area contributed by atoms with Crippen LogP contribution in [0, 0.1) is 0 Å². The Morgan fingerprint density at radius 2 is 2.17 bits per heavy atom. The molecule has 0 saturated heterocycles. The molecule has 2 aromatic heterocycles. The molecule has 1 aliphatic rings. The van der Waals surface area contributed by atoms with Gasteiger partial charge in [0.25, 0.3) is 0 Å². The standard InChI is InChI=1S/C13H15N5/c1-18(12-4-2-3-6-15-12)13-10-8-14-7-5-11(10)16-9-17-13/h2-4,6,9,14H,5,7-8H2,1H3. The Morgan fingerprint density at radius 3 is 3.00 bits per heavy atom. The molecule has 0 spiro atoms. The molecule has 1 aliphatic heterocycles. The van der Waals surface area contributed by atoms with E-state index in [-0.39, 0.29) is 0 Å². The van der Waals surface area contributed by atoms with Crippen molar-refractivity contribution in [1.29, 1.82) is 0 Å². The minimum atomic E-state index is 0.822. The Morgan fingerprint density at radius 1 is 1.22 bits per heavy atom. The highest BCUT2D eigenvalue weighted by molar-refractivity contribution is 5.59. The molecule has 0 unspecified atom stereocenters. The highest BCUT2D eigenvalue weighted by Gasteiger charge is 2.18. The van der Waals surface area contributed by atoms with Gasteiger partial charge in [-0.1, -0.05) is 6.07 Å². The second-order valence-electron chi connectivity index (χ2n) is 4.30. The van der Waals surface area contributed by atoms with Crippen LogP contribution in [0.15, 0.2) is 30.7 Å². The summed E-state index contributed by atoms with van der Waals surface area (Å²) < 4.78 is 0. The first-order valence-corrected chi connectivity index (χ1v) is 6.04. The van der Waals surface area contributed by atoms with Crippen molar-refractivity contribution in [2.45, 2.75) is 13.0 Å². The number of nitrogens with zero attached hydrogens (tertiary/aromatic N) is 4. The summed E-state index contributed by atoms with van der Waals surface area (Å²) in [4.78, 5) is 15.1. The van der Waals surface area contributed by atoms with Crippen LogP contribution in [0.2, 0.25) is 0 Å². The fraction of sp³-hybridized carbons (Fsp3) is 0.308. The van der Waals surface area contributed by atoms with Crippen molar-refractivity contribution in [2.75, 3.05) is 18.5 Å². The molecule has 0 amide bonds. The van der Waals surface area contributed by atoms with Crippen LogP contribution in [0.3, 0.4) is 0 Å². The van der Waals surface area contributed by atoms with Crippen molar-refractivity contribution in [3.05, 3.63) is 42.0 Å². The van der Waals surface area contributed by atoms with Gasteiger partial charge in [0.2, 0.25) is 0 Å². The third kappa shape index (κ3) is 1.93. The van der Waals surface area contributed by atoms with Gasteiger partial charge in [-0.3, -0.25) is 0 Å². The third-order valence-electron chi connectivity index (χ3n) is 3.16. The number of nitrogens with one attached hydrogen (secondary N) is 1. The molecule has 0 atom stereocenters. The van der Waals surface area contributed by atoms with E-state index >= 15 is 0 Å². The second kappa shape index (κ2) is 4.70. The maximum absolute atomic E-state index is 4.40. The number of pyridine rings is 1. The molecule has 0 aromatic carbocycles. The molecule has 18 heavy (non-hydrogen) atoms. The Labute approximate surface area is 106 Å². The zero-order valence-electron chi connectivity index (χ0n) is 10.3. The largest absolute Gasteiger partial charge is 0.314 e. The Balaban J connectivity index is 2.02. The molecule has 1 N–H and O–H groups in total. The lowest BCUT2D eigenvalue weighted by Crippen LogP contribution is -2.27. The van der Waals surface area contributed by atoms with E-state index in [4.69, 9.17) is 0 Å². The summed E-state index contributed by atoms with van der Waals surface area (Å²) in [7, 11) is 1.99. The summed E-state index contributed by atoms with van der Waals surface area (Å²) in [6, 6.07) is 5.86. The van der Waals surface area contributed by atoms with Crippen LogP contribution >= 0.6 is 0 Å². The van der Waals surface area contributed by atoms with Gasteiger partial charge in [0.1, 0.15) is 18.0 Å². The predicted molar refractivity (Wildman–Crippen MR) is 69.7 cm³/mol. The Kier molecular flexibility index (Phi) is 2.90. The van der Waals surface area contributed by atoms with Crippen LogP contribution in [0.5, 0.6) is 0 Å². The van der Waals surface area contributed by atoms with Crippen molar-refractivity contribution in [3.63, 3.8) is 0 Å². The van der Waals surface area contributed by atoms with E-state index < -0.39 is 0 Å². The monoisotopic (exact) mass is 241 g/mol. The fourth-order valence-corrected chi connectivity index (χ4v) is 2.20. The summed E-state index contributed by atoms with van der Waals surface area (Å²) in [6.07, 6.45) is 4.39. The van der Waals surface area contributed by atoms with Crippen molar-refractivity contribution in [3.8, 4) is 0 Å². The molecule has 5 heteroatoms. The van der Waals surface area contributed by atoms with Gasteiger partial charge in [-0.15, -0.1) is 0 Å². The van der Waals surface area contributed by atoms with Gasteiger partial charge in [-0.2, -0.15) is 0 Å². The van der Waals surface area contributed by atoms with Gasteiger partial charge in [-0.05, 0) is 12.1 Å². The smallest absolute Gasteiger partial charge is 0.142 e. The molecule has 0 radical (unpaired) electrons. The highest BCUT2D eigenvalue weighted by Crippen LogP contribution is 2.25. The van der Waals surface area contributed by atoms with Crippen LogP contribution in [-0.2, 0) is 13.0 Å². The number of fused-ring (bicyclic) bond motifs is 1. The maximum Gasteiger partial charge on any atom is 0.142 e. The number of rotatable bonds is 2. The van der Waals surface area contributed by atoms with Gasteiger partial charge in [0, 0.05) is 38.3 Å². The molecular formula is C13H15N5. The van der Waals surface area contributed by atoms with E-state index in [9.17, 15) is 0 Å². The van der Waals surface area contributed by atoms with E-state index in [0.717, 1.165) is 36.8 Å². The van der Waals surface area contributed by atoms with E-state index in [0.29, 0.717) is 0 Å². The molecule has 0 saturated carbocycles. The maximum atomic E-state index is 4.40. The quantitative estimate of drug-likeness (QED) is 0.858. The topological polar surface area (TPSA) is 53.9 Å². The first kappa shape index (κ1) is 11.1. The van der Waals surface area contributed by atoms with Gasteiger partial charge in [-0.25, -0.2) is 15.0 Å². The van der Waals surface area contributed by atoms with E-state index in [1.54, 1.807) is 12.5 Å². The summed E-state index contributed by atoms with van der Waals surface area (Å²) in [5.74, 6) is 1.83. The van der Waals surface area contributed by atoms with Crippen molar-refractivity contribution >= 4 is 11.6 Å². The molecule has 3 heterocycles. The van der Waals surface area contributed by atoms with Crippen LogP contribution in [0.4, 0.5) is 11.6 Å². The summed E-state index contributed by atoms with van der Waals surface area (Å²) in [5.41, 5.74) is 2.32. The molecule has 2 aromatic rings. The van der Waals surface area contributed by atoms with Crippen LogP contribution in [0.1, 0.15) is 11.3 Å². The molecule has 3 rings (SSSR count). The number of aromatic nitrogens is 3. The van der Waals surface area contributed by atoms with Crippen LogP contribution in [0.25, 0.3) is 0 Å². The molecule has 5 nitrogen and oxygen atoms in total.